The summed E-state index contributed by atoms with van der Waals surface area (Å²) in [5, 5.41) is 0. The zero-order valence-electron chi connectivity index (χ0n) is 19.4. The second-order valence-corrected chi connectivity index (χ2v) is 10.2. The van der Waals surface area contributed by atoms with E-state index in [1.165, 1.54) is 19.3 Å². The smallest absolute Gasteiger partial charge is 0.131 e. The molecule has 174 valence electrons. The van der Waals surface area contributed by atoms with Crippen LogP contribution in [0.2, 0.25) is 0 Å². The molecule has 0 bridgehead atoms. The Labute approximate surface area is 191 Å². The molecule has 0 aromatic heterocycles. The van der Waals surface area contributed by atoms with Crippen LogP contribution in [0.5, 0.6) is 0 Å². The minimum atomic E-state index is -0.336. The molecule has 2 aliphatic rings. The molecule has 0 N–H and O–H groups in total. The molecule has 3 heteroatoms. The lowest BCUT2D eigenvalue weighted by atomic mass is 9.77. The summed E-state index contributed by atoms with van der Waals surface area (Å²) < 4.78 is 42.5. The Morgan fingerprint density at radius 1 is 0.688 bits per heavy atom. The van der Waals surface area contributed by atoms with Crippen LogP contribution in [0.25, 0.3) is 11.1 Å². The van der Waals surface area contributed by atoms with Gasteiger partial charge in [0, 0.05) is 11.1 Å². The fourth-order valence-electron chi connectivity index (χ4n) is 6.06. The Balaban J connectivity index is 1.43. The predicted octanol–water partition coefficient (Wildman–Crippen LogP) is 9.34. The average molecular weight is 443 g/mol. The van der Waals surface area contributed by atoms with Crippen molar-refractivity contribution in [2.75, 3.05) is 6.67 Å². The van der Waals surface area contributed by atoms with E-state index in [4.69, 9.17) is 0 Å². The average Bonchev–Trinajstić information content (AvgIpc) is 2.83. The first kappa shape index (κ1) is 23.4. The van der Waals surface area contributed by atoms with E-state index < -0.39 is 0 Å². The number of benzene rings is 2. The van der Waals surface area contributed by atoms with Crippen LogP contribution < -0.4 is 0 Å². The van der Waals surface area contributed by atoms with E-state index in [2.05, 4.69) is 6.92 Å². The van der Waals surface area contributed by atoms with Crippen LogP contribution in [0, 0.1) is 23.5 Å². The van der Waals surface area contributed by atoms with E-state index >= 15 is 8.78 Å². The van der Waals surface area contributed by atoms with Crippen molar-refractivity contribution in [1.82, 2.24) is 0 Å². The predicted molar refractivity (Wildman–Crippen MR) is 127 cm³/mol. The minimum absolute atomic E-state index is 0.232. The number of rotatable bonds is 7. The van der Waals surface area contributed by atoms with Gasteiger partial charge in [-0.2, -0.15) is 0 Å². The van der Waals surface area contributed by atoms with Gasteiger partial charge in [-0.05, 0) is 111 Å². The fraction of sp³-hybridized carbons (Fsp3) is 0.586. The van der Waals surface area contributed by atoms with E-state index in [9.17, 15) is 4.39 Å². The van der Waals surface area contributed by atoms with Crippen LogP contribution in [0.1, 0.15) is 101 Å². The molecule has 2 aromatic rings. The highest BCUT2D eigenvalue weighted by Crippen LogP contribution is 2.40. The second kappa shape index (κ2) is 10.9. The largest absolute Gasteiger partial charge is 0.251 e. The summed E-state index contributed by atoms with van der Waals surface area (Å²) in [6.45, 7) is 2.02. The number of hydrogen-bond donors (Lipinski definition) is 0. The summed E-state index contributed by atoms with van der Waals surface area (Å²) in [5.41, 5.74) is 2.78. The van der Waals surface area contributed by atoms with Gasteiger partial charge in [0.1, 0.15) is 11.6 Å². The van der Waals surface area contributed by atoms with Crippen LogP contribution >= 0.6 is 0 Å². The van der Waals surface area contributed by atoms with Gasteiger partial charge in [0.2, 0.25) is 0 Å². The van der Waals surface area contributed by atoms with Crippen LogP contribution in [0.3, 0.4) is 0 Å². The van der Waals surface area contributed by atoms with Gasteiger partial charge in [-0.3, -0.25) is 4.39 Å². The highest BCUT2D eigenvalue weighted by Gasteiger charge is 2.24. The summed E-state index contributed by atoms with van der Waals surface area (Å²) in [7, 11) is 0. The third-order valence-electron chi connectivity index (χ3n) is 8.24. The zero-order valence-corrected chi connectivity index (χ0v) is 19.4. The lowest BCUT2D eigenvalue weighted by Gasteiger charge is -2.29. The molecule has 2 saturated carbocycles. The van der Waals surface area contributed by atoms with Crippen LogP contribution in [-0.4, -0.2) is 6.67 Å². The van der Waals surface area contributed by atoms with Gasteiger partial charge in [0.25, 0.3) is 0 Å². The van der Waals surface area contributed by atoms with Gasteiger partial charge < -0.3 is 0 Å². The lowest BCUT2D eigenvalue weighted by Crippen LogP contribution is -2.14. The Kier molecular flexibility index (Phi) is 7.97. The summed E-state index contributed by atoms with van der Waals surface area (Å²) in [6, 6.07) is 10.8. The zero-order chi connectivity index (χ0) is 22.5. The number of alkyl halides is 1. The molecule has 2 aliphatic carbocycles. The topological polar surface area (TPSA) is 0 Å². The van der Waals surface area contributed by atoms with E-state index in [1.54, 1.807) is 24.3 Å². The van der Waals surface area contributed by atoms with Gasteiger partial charge in [-0.1, -0.05) is 37.6 Å². The van der Waals surface area contributed by atoms with Crippen molar-refractivity contribution < 1.29 is 13.2 Å². The van der Waals surface area contributed by atoms with Crippen LogP contribution in [-0.2, 0) is 0 Å². The molecule has 0 spiro atoms. The number of halogens is 3. The van der Waals surface area contributed by atoms with Gasteiger partial charge >= 0.3 is 0 Å². The minimum Gasteiger partial charge on any atom is -0.251 e. The maximum atomic E-state index is 15.0. The quantitative estimate of drug-likeness (QED) is 0.401. The normalized spacial score (nSPS) is 26.2. The molecule has 0 saturated heterocycles. The summed E-state index contributed by atoms with van der Waals surface area (Å²) in [4.78, 5) is 0. The van der Waals surface area contributed by atoms with Gasteiger partial charge in [0.15, 0.2) is 0 Å². The molecular formula is C29H37F3. The third kappa shape index (κ3) is 5.41. The molecule has 0 aliphatic heterocycles. The Bertz CT molecular complexity index is 874. The highest BCUT2D eigenvalue weighted by atomic mass is 19.1. The van der Waals surface area contributed by atoms with E-state index in [1.807, 2.05) is 12.1 Å². The Morgan fingerprint density at radius 2 is 1.16 bits per heavy atom. The summed E-state index contributed by atoms with van der Waals surface area (Å²) in [5.74, 6) is 1.54. The Hall–Kier alpha value is -1.77. The molecule has 2 aromatic carbocycles. The van der Waals surface area contributed by atoms with Crippen molar-refractivity contribution in [1.29, 1.82) is 0 Å². The van der Waals surface area contributed by atoms with Gasteiger partial charge in [-0.15, -0.1) is 0 Å². The molecule has 32 heavy (non-hydrogen) atoms. The van der Waals surface area contributed by atoms with E-state index in [-0.39, 0.29) is 18.3 Å². The van der Waals surface area contributed by atoms with Crippen molar-refractivity contribution in [2.45, 2.75) is 89.4 Å². The SMILES string of the molecule is CCC1CCC(c2ccc(-c3ccc(C4CCC(CCCF)CC4)cc3F)c(F)c2)CC1. The monoisotopic (exact) mass is 442 g/mol. The molecular weight excluding hydrogens is 405 g/mol. The summed E-state index contributed by atoms with van der Waals surface area (Å²) >= 11 is 0. The first-order chi connectivity index (χ1) is 15.6. The lowest BCUT2D eigenvalue weighted by molar-refractivity contribution is 0.293. The summed E-state index contributed by atoms with van der Waals surface area (Å²) in [6.07, 6.45) is 11.8. The van der Waals surface area contributed by atoms with Crippen molar-refractivity contribution in [3.05, 3.63) is 59.2 Å². The van der Waals surface area contributed by atoms with Crippen molar-refractivity contribution in [2.24, 2.45) is 11.8 Å². The standard InChI is InChI=1S/C29H37F3/c1-2-20-5-9-22(10-6-20)24-13-15-26(28(31)18-24)27-16-14-25(19-29(27)32)23-11-7-21(8-12-23)4-3-17-30/h13-16,18-23H,2-12,17H2,1H3. The van der Waals surface area contributed by atoms with Gasteiger partial charge in [0.05, 0.1) is 6.67 Å². The molecule has 0 amide bonds. The third-order valence-corrected chi connectivity index (χ3v) is 8.24. The number of hydrogen-bond acceptors (Lipinski definition) is 0. The maximum Gasteiger partial charge on any atom is 0.131 e. The Morgan fingerprint density at radius 3 is 1.56 bits per heavy atom. The van der Waals surface area contributed by atoms with Crippen molar-refractivity contribution in [3.63, 3.8) is 0 Å². The molecule has 4 rings (SSSR count). The van der Waals surface area contributed by atoms with Gasteiger partial charge in [-0.25, -0.2) is 8.78 Å². The van der Waals surface area contributed by atoms with E-state index in [0.717, 1.165) is 62.0 Å². The molecule has 0 heterocycles. The van der Waals surface area contributed by atoms with Crippen LogP contribution in [0.4, 0.5) is 13.2 Å². The van der Waals surface area contributed by atoms with E-state index in [0.29, 0.717) is 35.3 Å². The fourth-order valence-corrected chi connectivity index (χ4v) is 6.06. The highest BCUT2D eigenvalue weighted by molar-refractivity contribution is 5.66. The first-order valence-electron chi connectivity index (χ1n) is 12.7. The van der Waals surface area contributed by atoms with Crippen LogP contribution in [0.15, 0.2) is 36.4 Å². The van der Waals surface area contributed by atoms with Crippen molar-refractivity contribution >= 4 is 0 Å². The molecule has 0 unspecified atom stereocenters. The molecule has 0 atom stereocenters. The maximum absolute atomic E-state index is 15.0. The van der Waals surface area contributed by atoms with Crippen molar-refractivity contribution in [3.8, 4) is 11.1 Å². The molecule has 0 nitrogen and oxygen atoms in total. The molecule has 2 fully saturated rings. The first-order valence-corrected chi connectivity index (χ1v) is 12.7. The second-order valence-electron chi connectivity index (χ2n) is 10.2. The molecule has 0 radical (unpaired) electrons.